The Morgan fingerprint density at radius 2 is 1.92 bits per heavy atom. The fraction of sp³-hybridized carbons (Fsp3) is 0.273. The maximum atomic E-state index is 8.89. The molecule has 0 spiro atoms. The molecule has 1 N–H and O–H groups in total. The molecule has 0 heterocycles. The lowest BCUT2D eigenvalue weighted by Gasteiger charge is -1.94. The van der Waals surface area contributed by atoms with Gasteiger partial charge in [0.2, 0.25) is 0 Å². The van der Waals surface area contributed by atoms with Gasteiger partial charge in [-0.25, -0.2) is 0 Å². The summed E-state index contributed by atoms with van der Waals surface area (Å²) in [6, 6.07) is 8.15. The van der Waals surface area contributed by atoms with Crippen molar-refractivity contribution in [2.75, 3.05) is 0 Å². The Bertz CT molecular complexity index is 316. The van der Waals surface area contributed by atoms with Gasteiger partial charge in [0.05, 0.1) is 0 Å². The highest BCUT2D eigenvalue weighted by atomic mass is 32.2. The number of thioether (sulfide) groups is 1. The average Bonchev–Trinajstić information content (AvgIpc) is 2.08. The summed E-state index contributed by atoms with van der Waals surface area (Å²) in [6.07, 6.45) is -0.544. The number of hydrogen-bond acceptors (Lipinski definition) is 2. The Labute approximate surface area is 83.2 Å². The normalized spacial score (nSPS) is 11.6. The van der Waals surface area contributed by atoms with Gasteiger partial charge in [-0.1, -0.05) is 23.6 Å². The van der Waals surface area contributed by atoms with Crippen LogP contribution in [0.1, 0.15) is 12.5 Å². The van der Waals surface area contributed by atoms with Crippen LogP contribution in [-0.4, -0.2) is 11.2 Å². The first-order valence-electron chi connectivity index (χ1n) is 4.10. The van der Waals surface area contributed by atoms with Crippen molar-refractivity contribution >= 4 is 11.8 Å². The second kappa shape index (κ2) is 4.96. The number of rotatable bonds is 1. The SMILES string of the molecule is Cc1ccc(SC#C[C@@H](C)O)cc1. The predicted molar refractivity (Wildman–Crippen MR) is 56.5 cm³/mol. The van der Waals surface area contributed by atoms with Crippen molar-refractivity contribution in [3.05, 3.63) is 29.8 Å². The molecule has 0 amide bonds. The highest BCUT2D eigenvalue weighted by Gasteiger charge is 1.89. The second-order valence-corrected chi connectivity index (χ2v) is 3.72. The third-order valence-corrected chi connectivity index (χ3v) is 2.19. The summed E-state index contributed by atoms with van der Waals surface area (Å²) in [4.78, 5) is 1.11. The lowest BCUT2D eigenvalue weighted by atomic mass is 10.2. The molecule has 0 unspecified atom stereocenters. The van der Waals surface area contributed by atoms with E-state index < -0.39 is 6.10 Å². The number of aryl methyl sites for hydroxylation is 1. The first kappa shape index (κ1) is 10.2. The summed E-state index contributed by atoms with van der Waals surface area (Å²) in [7, 11) is 0. The first-order chi connectivity index (χ1) is 6.18. The molecule has 0 aliphatic carbocycles. The van der Waals surface area contributed by atoms with Crippen LogP contribution in [0.25, 0.3) is 0 Å². The van der Waals surface area contributed by atoms with Gasteiger partial charge in [0.25, 0.3) is 0 Å². The molecular weight excluding hydrogens is 180 g/mol. The van der Waals surface area contributed by atoms with Crippen molar-refractivity contribution in [2.45, 2.75) is 24.8 Å². The number of hydrogen-bond donors (Lipinski definition) is 1. The van der Waals surface area contributed by atoms with Gasteiger partial charge in [0, 0.05) is 4.90 Å². The van der Waals surface area contributed by atoms with Crippen LogP contribution in [0.3, 0.4) is 0 Å². The van der Waals surface area contributed by atoms with Crippen molar-refractivity contribution in [1.29, 1.82) is 0 Å². The van der Waals surface area contributed by atoms with Crippen LogP contribution < -0.4 is 0 Å². The van der Waals surface area contributed by atoms with Crippen molar-refractivity contribution in [2.24, 2.45) is 0 Å². The van der Waals surface area contributed by atoms with Crippen LogP contribution >= 0.6 is 11.8 Å². The van der Waals surface area contributed by atoms with Crippen molar-refractivity contribution in [3.8, 4) is 11.2 Å². The molecule has 0 aliphatic rings. The van der Waals surface area contributed by atoms with Gasteiger partial charge in [-0.3, -0.25) is 0 Å². The fourth-order valence-electron chi connectivity index (χ4n) is 0.780. The van der Waals surface area contributed by atoms with E-state index in [-0.39, 0.29) is 0 Å². The largest absolute Gasteiger partial charge is 0.381 e. The van der Waals surface area contributed by atoms with Gasteiger partial charge >= 0.3 is 0 Å². The first-order valence-corrected chi connectivity index (χ1v) is 4.92. The predicted octanol–water partition coefficient (Wildman–Crippen LogP) is 2.43. The molecule has 0 bridgehead atoms. The van der Waals surface area contributed by atoms with E-state index in [1.165, 1.54) is 17.3 Å². The molecular formula is C11H12OS. The quantitative estimate of drug-likeness (QED) is 0.544. The van der Waals surface area contributed by atoms with Gasteiger partial charge in [-0.05, 0) is 43.0 Å². The van der Waals surface area contributed by atoms with Crippen molar-refractivity contribution in [1.82, 2.24) is 0 Å². The van der Waals surface area contributed by atoms with E-state index in [0.717, 1.165) is 4.90 Å². The third-order valence-electron chi connectivity index (χ3n) is 1.46. The minimum atomic E-state index is -0.544. The summed E-state index contributed by atoms with van der Waals surface area (Å²) in [5.74, 6) is 2.68. The molecule has 0 aliphatic heterocycles. The maximum Gasteiger partial charge on any atom is 0.112 e. The minimum Gasteiger partial charge on any atom is -0.381 e. The Hall–Kier alpha value is -0.910. The molecule has 2 heteroatoms. The Balaban J connectivity index is 2.57. The Morgan fingerprint density at radius 1 is 1.31 bits per heavy atom. The smallest absolute Gasteiger partial charge is 0.112 e. The van der Waals surface area contributed by atoms with E-state index in [0.29, 0.717) is 0 Å². The number of benzene rings is 1. The molecule has 0 fully saturated rings. The summed E-state index contributed by atoms with van der Waals surface area (Å²) in [6.45, 7) is 3.71. The fourth-order valence-corrected chi connectivity index (χ4v) is 1.40. The van der Waals surface area contributed by atoms with E-state index in [1.54, 1.807) is 6.92 Å². The third kappa shape index (κ3) is 4.02. The lowest BCUT2D eigenvalue weighted by molar-refractivity contribution is 0.253. The Morgan fingerprint density at radius 3 is 2.46 bits per heavy atom. The number of aliphatic hydroxyl groups is 1. The van der Waals surface area contributed by atoms with Crippen LogP contribution in [0.4, 0.5) is 0 Å². The molecule has 1 atom stereocenters. The van der Waals surface area contributed by atoms with E-state index >= 15 is 0 Å². The van der Waals surface area contributed by atoms with Gasteiger partial charge in [0.1, 0.15) is 6.10 Å². The monoisotopic (exact) mass is 192 g/mol. The van der Waals surface area contributed by atoms with E-state index in [9.17, 15) is 0 Å². The van der Waals surface area contributed by atoms with Crippen LogP contribution in [-0.2, 0) is 0 Å². The van der Waals surface area contributed by atoms with Gasteiger partial charge in [0.15, 0.2) is 0 Å². The molecule has 0 radical (unpaired) electrons. The molecule has 68 valence electrons. The molecule has 1 nitrogen and oxygen atoms in total. The summed E-state index contributed by atoms with van der Waals surface area (Å²) >= 11 is 1.44. The molecule has 1 aromatic carbocycles. The molecule has 1 rings (SSSR count). The van der Waals surface area contributed by atoms with E-state index in [4.69, 9.17) is 5.11 Å². The van der Waals surface area contributed by atoms with Crippen LogP contribution in [0.2, 0.25) is 0 Å². The van der Waals surface area contributed by atoms with Gasteiger partial charge < -0.3 is 5.11 Å². The van der Waals surface area contributed by atoms with Crippen molar-refractivity contribution < 1.29 is 5.11 Å². The van der Waals surface area contributed by atoms with Gasteiger partial charge in [-0.2, -0.15) is 0 Å². The summed E-state index contributed by atoms with van der Waals surface area (Å²) < 4.78 is 0. The zero-order valence-corrected chi connectivity index (χ0v) is 8.56. The molecule has 0 saturated heterocycles. The zero-order chi connectivity index (χ0) is 9.68. The second-order valence-electron chi connectivity index (χ2n) is 2.84. The van der Waals surface area contributed by atoms with Crippen molar-refractivity contribution in [3.63, 3.8) is 0 Å². The van der Waals surface area contributed by atoms with E-state index in [2.05, 4.69) is 18.1 Å². The molecule has 0 aromatic heterocycles. The average molecular weight is 192 g/mol. The van der Waals surface area contributed by atoms with Crippen LogP contribution in [0, 0.1) is 18.1 Å². The summed E-state index contributed by atoms with van der Waals surface area (Å²) in [5.41, 5.74) is 1.24. The highest BCUT2D eigenvalue weighted by Crippen LogP contribution is 2.16. The molecule has 13 heavy (non-hydrogen) atoms. The van der Waals surface area contributed by atoms with E-state index in [1.807, 2.05) is 24.3 Å². The standard InChI is InChI=1S/C11H12OS/c1-9-3-5-11(6-4-9)13-8-7-10(2)12/h3-6,10,12H,1-2H3/t10-/m1/s1. The minimum absolute atomic E-state index is 0.544. The highest BCUT2D eigenvalue weighted by molar-refractivity contribution is 8.03. The van der Waals surface area contributed by atoms with Gasteiger partial charge in [-0.15, -0.1) is 0 Å². The van der Waals surface area contributed by atoms with Crippen LogP contribution in [0.15, 0.2) is 29.2 Å². The lowest BCUT2D eigenvalue weighted by Crippen LogP contribution is -1.91. The Kier molecular flexibility index (Phi) is 3.88. The molecule has 1 aromatic rings. The maximum absolute atomic E-state index is 8.89. The number of aliphatic hydroxyl groups excluding tert-OH is 1. The summed E-state index contributed by atoms with van der Waals surface area (Å²) in [5, 5.41) is 11.7. The zero-order valence-electron chi connectivity index (χ0n) is 7.74. The van der Waals surface area contributed by atoms with Crippen LogP contribution in [0.5, 0.6) is 0 Å². The topological polar surface area (TPSA) is 20.2 Å². The molecule has 0 saturated carbocycles.